The Balaban J connectivity index is 1.48. The second-order valence-corrected chi connectivity index (χ2v) is 5.81. The molecule has 5 nitrogen and oxygen atoms in total. The van der Waals surface area contributed by atoms with Gasteiger partial charge in [0, 0.05) is 17.9 Å². The third-order valence-corrected chi connectivity index (χ3v) is 4.41. The summed E-state index contributed by atoms with van der Waals surface area (Å²) >= 11 is 0. The van der Waals surface area contributed by atoms with Gasteiger partial charge in [0.2, 0.25) is 0 Å². The number of hydrogen-bond donors (Lipinski definition) is 0. The maximum absolute atomic E-state index is 11.6. The Morgan fingerprint density at radius 3 is 2.84 bits per heavy atom. The minimum Gasteiger partial charge on any atom is -0.462 e. The summed E-state index contributed by atoms with van der Waals surface area (Å²) in [7, 11) is 0. The Morgan fingerprint density at radius 1 is 1.42 bits per heavy atom. The molecule has 3 aliphatic rings. The van der Waals surface area contributed by atoms with Gasteiger partial charge < -0.3 is 14.2 Å². The van der Waals surface area contributed by atoms with Gasteiger partial charge in [-0.15, -0.1) is 0 Å². The summed E-state index contributed by atoms with van der Waals surface area (Å²) < 4.78 is 16.2. The monoisotopic (exact) mass is 266 g/mol. The first kappa shape index (κ1) is 12.7. The molecule has 2 saturated carbocycles. The van der Waals surface area contributed by atoms with Crippen LogP contribution in [0.5, 0.6) is 0 Å². The van der Waals surface area contributed by atoms with Gasteiger partial charge in [0.05, 0.1) is 18.1 Å². The van der Waals surface area contributed by atoms with Crippen molar-refractivity contribution in [1.29, 1.82) is 0 Å². The molecule has 0 aromatic heterocycles. The van der Waals surface area contributed by atoms with Crippen LogP contribution in [0.1, 0.15) is 26.2 Å². The molecule has 4 atom stereocenters. The molecule has 5 heteroatoms. The molecule has 0 radical (unpaired) electrons. The van der Waals surface area contributed by atoms with Crippen molar-refractivity contribution >= 4 is 11.9 Å². The van der Waals surface area contributed by atoms with Crippen molar-refractivity contribution in [2.45, 2.75) is 37.9 Å². The van der Waals surface area contributed by atoms with Gasteiger partial charge in [-0.1, -0.05) is 6.58 Å². The fourth-order valence-electron chi connectivity index (χ4n) is 3.60. The number of hydrogen-bond acceptors (Lipinski definition) is 5. The van der Waals surface area contributed by atoms with Gasteiger partial charge >= 0.3 is 11.9 Å². The van der Waals surface area contributed by atoms with Crippen molar-refractivity contribution in [2.75, 3.05) is 13.2 Å². The van der Waals surface area contributed by atoms with E-state index in [0.29, 0.717) is 18.1 Å². The molecular weight excluding hydrogens is 248 g/mol. The van der Waals surface area contributed by atoms with Crippen molar-refractivity contribution in [1.82, 2.24) is 0 Å². The Hall–Kier alpha value is -1.36. The normalized spacial score (nSPS) is 38.4. The Labute approximate surface area is 111 Å². The van der Waals surface area contributed by atoms with Crippen molar-refractivity contribution in [3.63, 3.8) is 0 Å². The van der Waals surface area contributed by atoms with Gasteiger partial charge in [0.25, 0.3) is 0 Å². The van der Waals surface area contributed by atoms with Crippen molar-refractivity contribution < 1.29 is 23.8 Å². The van der Waals surface area contributed by atoms with Crippen LogP contribution in [-0.2, 0) is 23.8 Å². The third kappa shape index (κ3) is 2.06. The van der Waals surface area contributed by atoms with Gasteiger partial charge in [-0.25, -0.2) is 4.79 Å². The Morgan fingerprint density at radius 2 is 2.21 bits per heavy atom. The maximum atomic E-state index is 11.6. The second kappa shape index (κ2) is 4.34. The first-order valence-corrected chi connectivity index (χ1v) is 6.68. The highest BCUT2D eigenvalue weighted by molar-refractivity contribution is 5.86. The molecule has 0 spiro atoms. The van der Waals surface area contributed by atoms with Gasteiger partial charge in [0.1, 0.15) is 12.7 Å². The summed E-state index contributed by atoms with van der Waals surface area (Å²) in [4.78, 5) is 22.8. The molecule has 1 saturated heterocycles. The Kier molecular flexibility index (Phi) is 2.89. The van der Waals surface area contributed by atoms with Crippen LogP contribution >= 0.6 is 0 Å². The molecule has 0 aromatic rings. The average Bonchev–Trinajstić information content (AvgIpc) is 2.93. The molecule has 4 unspecified atom stereocenters. The predicted octanol–water partition coefficient (Wildman–Crippen LogP) is 1.22. The standard InChI is InChI=1S/C14H18O5/c1-8(2)12(15)17-3-4-18-14-5-9-10(6-14)13(16)19-11(9)7-14/h9-11H,1,3-7H2,2H3. The molecule has 0 N–H and O–H groups in total. The molecule has 1 aliphatic heterocycles. The van der Waals surface area contributed by atoms with Crippen LogP contribution < -0.4 is 0 Å². The van der Waals surface area contributed by atoms with Crippen LogP contribution in [0.3, 0.4) is 0 Å². The van der Waals surface area contributed by atoms with Gasteiger partial charge in [-0.05, 0) is 19.8 Å². The lowest BCUT2D eigenvalue weighted by Gasteiger charge is -2.27. The average molecular weight is 266 g/mol. The third-order valence-electron chi connectivity index (χ3n) is 4.41. The summed E-state index contributed by atoms with van der Waals surface area (Å²) in [5.74, 6) is -0.0933. The molecule has 2 aliphatic carbocycles. The SMILES string of the molecule is C=C(C)C(=O)OCCOC12CC3OC(=O)C(C1)C3C2. The van der Waals surface area contributed by atoms with Crippen molar-refractivity contribution in [3.05, 3.63) is 12.2 Å². The number of esters is 2. The lowest BCUT2D eigenvalue weighted by Crippen LogP contribution is -2.32. The molecule has 0 aromatic carbocycles. The van der Waals surface area contributed by atoms with E-state index >= 15 is 0 Å². The zero-order valence-corrected chi connectivity index (χ0v) is 11.0. The second-order valence-electron chi connectivity index (χ2n) is 5.81. The summed E-state index contributed by atoms with van der Waals surface area (Å²) in [5, 5.41) is 0. The van der Waals surface area contributed by atoms with E-state index in [1.165, 1.54) is 0 Å². The molecule has 2 bridgehead atoms. The van der Waals surface area contributed by atoms with E-state index in [4.69, 9.17) is 14.2 Å². The summed E-state index contributed by atoms with van der Waals surface area (Å²) in [6, 6.07) is 0. The topological polar surface area (TPSA) is 61.8 Å². The van der Waals surface area contributed by atoms with E-state index in [2.05, 4.69) is 6.58 Å². The lowest BCUT2D eigenvalue weighted by atomic mass is 9.88. The van der Waals surface area contributed by atoms with E-state index in [0.717, 1.165) is 19.3 Å². The van der Waals surface area contributed by atoms with E-state index in [1.54, 1.807) is 6.92 Å². The van der Waals surface area contributed by atoms with Crippen LogP contribution in [-0.4, -0.2) is 36.9 Å². The largest absolute Gasteiger partial charge is 0.462 e. The highest BCUT2D eigenvalue weighted by Gasteiger charge is 2.64. The minimum atomic E-state index is -0.393. The molecule has 1 heterocycles. The van der Waals surface area contributed by atoms with E-state index in [-0.39, 0.29) is 30.2 Å². The first-order chi connectivity index (χ1) is 9.01. The summed E-state index contributed by atoms with van der Waals surface area (Å²) in [6.45, 7) is 5.71. The number of rotatable bonds is 5. The van der Waals surface area contributed by atoms with Gasteiger partial charge in [0.15, 0.2) is 0 Å². The Bertz CT molecular complexity index is 439. The van der Waals surface area contributed by atoms with E-state index < -0.39 is 5.97 Å². The van der Waals surface area contributed by atoms with Crippen molar-refractivity contribution in [3.8, 4) is 0 Å². The maximum Gasteiger partial charge on any atom is 0.333 e. The summed E-state index contributed by atoms with van der Waals surface area (Å²) in [5.41, 5.74) is 0.152. The fourth-order valence-corrected chi connectivity index (χ4v) is 3.60. The van der Waals surface area contributed by atoms with Gasteiger partial charge in [-0.2, -0.15) is 0 Å². The highest BCUT2D eigenvalue weighted by Crippen LogP contribution is 2.58. The van der Waals surface area contributed by atoms with E-state index in [1.807, 2.05) is 0 Å². The van der Waals surface area contributed by atoms with Crippen LogP contribution in [0.15, 0.2) is 12.2 Å². The molecule has 3 fully saturated rings. The number of carbonyl (C=O) groups excluding carboxylic acids is 2. The molecule has 3 rings (SSSR count). The summed E-state index contributed by atoms with van der Waals surface area (Å²) in [6.07, 6.45) is 2.47. The molecular formula is C14H18O5. The van der Waals surface area contributed by atoms with Crippen molar-refractivity contribution in [2.24, 2.45) is 11.8 Å². The lowest BCUT2D eigenvalue weighted by molar-refractivity contribution is -0.144. The number of ether oxygens (including phenoxy) is 3. The van der Waals surface area contributed by atoms with Crippen LogP contribution in [0, 0.1) is 11.8 Å². The molecule has 104 valence electrons. The van der Waals surface area contributed by atoms with Crippen LogP contribution in [0.25, 0.3) is 0 Å². The number of carbonyl (C=O) groups is 2. The van der Waals surface area contributed by atoms with Crippen LogP contribution in [0.4, 0.5) is 0 Å². The fraction of sp³-hybridized carbons (Fsp3) is 0.714. The zero-order chi connectivity index (χ0) is 13.6. The predicted molar refractivity (Wildman–Crippen MR) is 65.2 cm³/mol. The van der Waals surface area contributed by atoms with E-state index in [9.17, 15) is 9.59 Å². The first-order valence-electron chi connectivity index (χ1n) is 6.68. The highest BCUT2D eigenvalue weighted by atomic mass is 16.6. The number of fused-ring (bicyclic) bond motifs is 1. The quantitative estimate of drug-likeness (QED) is 0.425. The molecule has 19 heavy (non-hydrogen) atoms. The van der Waals surface area contributed by atoms with Gasteiger partial charge in [-0.3, -0.25) is 4.79 Å². The van der Waals surface area contributed by atoms with Crippen LogP contribution in [0.2, 0.25) is 0 Å². The molecule has 0 amide bonds. The minimum absolute atomic E-state index is 0.0247. The zero-order valence-electron chi connectivity index (χ0n) is 11.0. The smallest absolute Gasteiger partial charge is 0.333 e.